The van der Waals surface area contributed by atoms with Crippen molar-refractivity contribution in [3.63, 3.8) is 0 Å². The van der Waals surface area contributed by atoms with Crippen LogP contribution in [0.15, 0.2) is 79.1 Å². The van der Waals surface area contributed by atoms with Crippen LogP contribution in [-0.2, 0) is 16.1 Å². The predicted octanol–water partition coefficient (Wildman–Crippen LogP) is 4.74. The molecule has 1 aromatic heterocycles. The first-order valence-electron chi connectivity index (χ1n) is 11.2. The van der Waals surface area contributed by atoms with Gasteiger partial charge < -0.3 is 20.9 Å². The van der Waals surface area contributed by atoms with Gasteiger partial charge in [0.1, 0.15) is 0 Å². The maximum Gasteiger partial charge on any atom is 0.233 e. The van der Waals surface area contributed by atoms with E-state index in [0.717, 1.165) is 38.6 Å². The number of hydrogen-bond acceptors (Lipinski definition) is 5. The van der Waals surface area contributed by atoms with Crippen LogP contribution in [0.1, 0.15) is 40.0 Å². The van der Waals surface area contributed by atoms with Crippen LogP contribution in [-0.4, -0.2) is 22.5 Å². The van der Waals surface area contributed by atoms with E-state index in [4.69, 9.17) is 10.5 Å². The van der Waals surface area contributed by atoms with Crippen LogP contribution in [0.3, 0.4) is 0 Å². The number of aliphatic hydroxyl groups is 1. The lowest BCUT2D eigenvalue weighted by Crippen LogP contribution is -2.27. The summed E-state index contributed by atoms with van der Waals surface area (Å²) in [5.41, 5.74) is 11.3. The summed E-state index contributed by atoms with van der Waals surface area (Å²) in [6.07, 6.45) is 2.51. The summed E-state index contributed by atoms with van der Waals surface area (Å²) in [5.74, 6) is -0.644. The molecule has 0 spiro atoms. The van der Waals surface area contributed by atoms with E-state index in [-0.39, 0.29) is 19.1 Å². The van der Waals surface area contributed by atoms with Gasteiger partial charge in [-0.1, -0.05) is 54.1 Å². The van der Waals surface area contributed by atoms with Gasteiger partial charge in [0.2, 0.25) is 5.91 Å². The Morgan fingerprint density at radius 3 is 2.56 bits per heavy atom. The number of fused-ring (bicyclic) bond motifs is 1. The Morgan fingerprint density at radius 2 is 1.82 bits per heavy atom. The molecule has 1 heterocycles. The first-order chi connectivity index (χ1) is 16.4. The summed E-state index contributed by atoms with van der Waals surface area (Å²) in [6.45, 7) is 4.40. The van der Waals surface area contributed by atoms with Gasteiger partial charge >= 0.3 is 0 Å². The smallest absolute Gasteiger partial charge is 0.233 e. The minimum absolute atomic E-state index is 0.162. The van der Waals surface area contributed by atoms with Crippen LogP contribution < -0.4 is 11.1 Å². The highest BCUT2D eigenvalue weighted by molar-refractivity contribution is 5.98. The summed E-state index contributed by atoms with van der Waals surface area (Å²) in [7, 11) is 0. The fourth-order valence-corrected chi connectivity index (χ4v) is 4.00. The number of carbonyl (C=O) groups excluding carboxylic acids is 1. The molecule has 0 radical (unpaired) electrons. The molecule has 1 unspecified atom stereocenters. The van der Waals surface area contributed by atoms with E-state index in [1.165, 1.54) is 0 Å². The number of rotatable bonds is 8. The van der Waals surface area contributed by atoms with Crippen molar-refractivity contribution in [1.29, 1.82) is 0 Å². The predicted molar refractivity (Wildman–Crippen MR) is 134 cm³/mol. The first kappa shape index (κ1) is 23.6. The third kappa shape index (κ3) is 5.48. The number of anilines is 1. The van der Waals surface area contributed by atoms with Crippen LogP contribution in [0.25, 0.3) is 10.8 Å². The average molecular weight is 456 g/mol. The Kier molecular flexibility index (Phi) is 7.33. The summed E-state index contributed by atoms with van der Waals surface area (Å²) >= 11 is 0. The molecule has 6 heteroatoms. The van der Waals surface area contributed by atoms with Gasteiger partial charge in [0, 0.05) is 35.6 Å². The number of nitrogens with two attached hydrogens (primary N) is 1. The molecule has 6 nitrogen and oxygen atoms in total. The lowest BCUT2D eigenvalue weighted by molar-refractivity contribution is -0.117. The standard InChI is InChI=1S/C28H29N3O3/c1-18-3-10-25(19(2)13-18)28(33)34-17-20-4-6-21(7-5-20)26(15-29)27(32)31-24-9-8-23-16-30-12-11-22(23)14-24/h3-14,16,26,28,33H,15,17,29H2,1-2H3,(H,31,32)/t26-,28?/m1/s1. The monoisotopic (exact) mass is 455 g/mol. The highest BCUT2D eigenvalue weighted by Gasteiger charge is 2.19. The molecule has 174 valence electrons. The average Bonchev–Trinajstić information content (AvgIpc) is 2.83. The quantitative estimate of drug-likeness (QED) is 0.334. The lowest BCUT2D eigenvalue weighted by atomic mass is 9.97. The van der Waals surface area contributed by atoms with Gasteiger partial charge in [-0.3, -0.25) is 9.78 Å². The Balaban J connectivity index is 1.39. The summed E-state index contributed by atoms with van der Waals surface area (Å²) in [4.78, 5) is 17.0. The number of benzene rings is 3. The van der Waals surface area contributed by atoms with E-state index >= 15 is 0 Å². The van der Waals surface area contributed by atoms with E-state index in [0.29, 0.717) is 5.69 Å². The SMILES string of the molecule is Cc1ccc(C(O)OCc2ccc([C@@H](CN)C(=O)Nc3ccc4cnccc4c3)cc2)c(C)c1. The number of nitrogens with zero attached hydrogens (tertiary/aromatic N) is 1. The number of aromatic nitrogens is 1. The number of nitrogens with one attached hydrogen (secondary N) is 1. The van der Waals surface area contributed by atoms with Gasteiger partial charge in [0.25, 0.3) is 0 Å². The molecule has 4 aromatic rings. The molecule has 0 saturated heterocycles. The molecule has 0 bridgehead atoms. The second-order valence-electron chi connectivity index (χ2n) is 8.48. The lowest BCUT2D eigenvalue weighted by Gasteiger charge is -2.17. The Morgan fingerprint density at radius 1 is 1.03 bits per heavy atom. The highest BCUT2D eigenvalue weighted by atomic mass is 16.6. The van der Waals surface area contributed by atoms with Crippen LogP contribution in [0.4, 0.5) is 5.69 Å². The van der Waals surface area contributed by atoms with Gasteiger partial charge in [-0.2, -0.15) is 0 Å². The van der Waals surface area contributed by atoms with Gasteiger partial charge in [-0.25, -0.2) is 0 Å². The molecule has 0 saturated carbocycles. The minimum atomic E-state index is -0.999. The Hall–Kier alpha value is -3.58. The molecular formula is C28H29N3O3. The third-order valence-electron chi connectivity index (χ3n) is 5.94. The van der Waals surface area contributed by atoms with Crippen molar-refractivity contribution in [2.45, 2.75) is 32.7 Å². The van der Waals surface area contributed by atoms with Crippen molar-refractivity contribution in [2.24, 2.45) is 5.73 Å². The van der Waals surface area contributed by atoms with E-state index in [1.807, 2.05) is 80.6 Å². The second kappa shape index (κ2) is 10.6. The molecule has 1 amide bonds. The molecule has 0 fully saturated rings. The highest BCUT2D eigenvalue weighted by Crippen LogP contribution is 2.24. The number of hydrogen-bond donors (Lipinski definition) is 3. The number of pyridine rings is 1. The summed E-state index contributed by atoms with van der Waals surface area (Å²) in [5, 5.41) is 15.4. The van der Waals surface area contributed by atoms with E-state index < -0.39 is 12.2 Å². The molecule has 0 aliphatic rings. The van der Waals surface area contributed by atoms with Gasteiger partial charge in [0.15, 0.2) is 6.29 Å². The van der Waals surface area contributed by atoms with Gasteiger partial charge in [-0.15, -0.1) is 0 Å². The number of aryl methyl sites for hydroxylation is 2. The zero-order chi connectivity index (χ0) is 24.1. The zero-order valence-corrected chi connectivity index (χ0v) is 19.4. The minimum Gasteiger partial charge on any atom is -0.364 e. The van der Waals surface area contributed by atoms with Gasteiger partial charge in [-0.05, 0) is 54.1 Å². The van der Waals surface area contributed by atoms with E-state index in [1.54, 1.807) is 12.4 Å². The van der Waals surface area contributed by atoms with E-state index in [2.05, 4.69) is 10.3 Å². The number of ether oxygens (including phenoxy) is 1. The normalized spacial score (nSPS) is 12.9. The molecule has 0 aliphatic heterocycles. The van der Waals surface area contributed by atoms with Crippen molar-refractivity contribution in [2.75, 3.05) is 11.9 Å². The molecule has 4 rings (SSSR count). The molecular weight excluding hydrogens is 426 g/mol. The van der Waals surface area contributed by atoms with Crippen molar-refractivity contribution in [3.05, 3.63) is 107 Å². The number of aliphatic hydroxyl groups excluding tert-OH is 1. The van der Waals surface area contributed by atoms with Crippen molar-refractivity contribution < 1.29 is 14.6 Å². The van der Waals surface area contributed by atoms with Crippen LogP contribution in [0.2, 0.25) is 0 Å². The summed E-state index contributed by atoms with van der Waals surface area (Å²) in [6, 6.07) is 21.0. The molecule has 3 aromatic carbocycles. The molecule has 4 N–H and O–H groups in total. The van der Waals surface area contributed by atoms with Crippen LogP contribution in [0.5, 0.6) is 0 Å². The van der Waals surface area contributed by atoms with Crippen LogP contribution in [0, 0.1) is 13.8 Å². The van der Waals surface area contributed by atoms with Gasteiger partial charge in [0.05, 0.1) is 12.5 Å². The largest absolute Gasteiger partial charge is 0.364 e. The maximum absolute atomic E-state index is 12.9. The molecule has 2 atom stereocenters. The fourth-order valence-electron chi connectivity index (χ4n) is 4.00. The number of carbonyl (C=O) groups is 1. The molecule has 34 heavy (non-hydrogen) atoms. The maximum atomic E-state index is 12.9. The first-order valence-corrected chi connectivity index (χ1v) is 11.2. The zero-order valence-electron chi connectivity index (χ0n) is 19.4. The second-order valence-corrected chi connectivity index (χ2v) is 8.48. The fraction of sp³-hybridized carbons (Fsp3) is 0.214. The summed E-state index contributed by atoms with van der Waals surface area (Å²) < 4.78 is 5.67. The third-order valence-corrected chi connectivity index (χ3v) is 5.94. The topological polar surface area (TPSA) is 97.5 Å². The van der Waals surface area contributed by atoms with Crippen molar-refractivity contribution in [3.8, 4) is 0 Å². The van der Waals surface area contributed by atoms with Crippen molar-refractivity contribution in [1.82, 2.24) is 4.98 Å². The van der Waals surface area contributed by atoms with Crippen LogP contribution >= 0.6 is 0 Å². The van der Waals surface area contributed by atoms with E-state index in [9.17, 15) is 9.90 Å². The Bertz CT molecular complexity index is 1290. The Labute approximate surface area is 199 Å². The molecule has 0 aliphatic carbocycles. The van der Waals surface area contributed by atoms with Crippen molar-refractivity contribution >= 4 is 22.4 Å². The number of amides is 1.